The molecule has 0 saturated heterocycles. The number of Topliss-reactive ketones (excluding diaryl/α,β-unsaturated/α-hetero) is 1. The molecule has 0 aliphatic carbocycles. The van der Waals surface area contributed by atoms with Gasteiger partial charge < -0.3 is 9.84 Å². The molecule has 0 bridgehead atoms. The average Bonchev–Trinajstić information content (AvgIpc) is 2.67. The van der Waals surface area contributed by atoms with Crippen molar-refractivity contribution in [2.45, 2.75) is 19.4 Å². The smallest absolute Gasteiger partial charge is 0.250 e. The van der Waals surface area contributed by atoms with Crippen molar-refractivity contribution in [3.63, 3.8) is 0 Å². The van der Waals surface area contributed by atoms with Crippen molar-refractivity contribution < 1.29 is 23.1 Å². The minimum Gasteiger partial charge on any atom is -0.501 e. The number of halogens is 2. The van der Waals surface area contributed by atoms with E-state index in [1.54, 1.807) is 0 Å². The van der Waals surface area contributed by atoms with Crippen LogP contribution in [0.5, 0.6) is 0 Å². The van der Waals surface area contributed by atoms with Crippen molar-refractivity contribution >= 4 is 39.0 Å². The monoisotopic (exact) mass is 365 g/mol. The fraction of sp³-hybridized carbons (Fsp3) is 0.308. The Hall–Kier alpha value is -1.44. The normalized spacial score (nSPS) is 21.9. The summed E-state index contributed by atoms with van der Waals surface area (Å²) in [6.07, 6.45) is 0. The molecule has 2 N–H and O–H groups in total. The zero-order chi connectivity index (χ0) is 16.7. The van der Waals surface area contributed by atoms with Gasteiger partial charge in [-0.15, -0.1) is 0 Å². The van der Waals surface area contributed by atoms with E-state index in [4.69, 9.17) is 27.9 Å². The predicted molar refractivity (Wildman–Crippen MR) is 82.2 cm³/mol. The lowest BCUT2D eigenvalue weighted by molar-refractivity contribution is -0.131. The van der Waals surface area contributed by atoms with Gasteiger partial charge in [-0.3, -0.25) is 9.52 Å². The lowest BCUT2D eigenvalue weighted by Crippen LogP contribution is -2.32. The summed E-state index contributed by atoms with van der Waals surface area (Å²) in [5, 5.41) is 10.4. The molecule has 9 heteroatoms. The third-order valence-corrected chi connectivity index (χ3v) is 5.26. The second-order valence-corrected chi connectivity index (χ2v) is 7.60. The van der Waals surface area contributed by atoms with Crippen LogP contribution in [0.25, 0.3) is 0 Å². The standard InChI is InChI=1S/C13H13Cl2NO5S/c1-3-22(19,20)16-12-10(17)11(18)13(2,21-12)7-4-5-8(14)9(15)6-7/h4-6,16-17H,3H2,1-2H3. The molecule has 120 valence electrons. The number of benzene rings is 1. The molecule has 1 atom stereocenters. The first-order chi connectivity index (χ1) is 10.1. The maximum absolute atomic E-state index is 12.3. The number of ether oxygens (including phenoxy) is 1. The Bertz CT molecular complexity index is 775. The molecule has 0 aromatic heterocycles. The summed E-state index contributed by atoms with van der Waals surface area (Å²) in [5.74, 6) is -2.30. The van der Waals surface area contributed by atoms with Crippen molar-refractivity contribution in [3.05, 3.63) is 45.5 Å². The van der Waals surface area contributed by atoms with E-state index >= 15 is 0 Å². The summed E-state index contributed by atoms with van der Waals surface area (Å²) >= 11 is 11.7. The average molecular weight is 366 g/mol. The number of aliphatic hydroxyl groups excluding tert-OH is 1. The van der Waals surface area contributed by atoms with Gasteiger partial charge in [0.2, 0.25) is 21.7 Å². The Morgan fingerprint density at radius 3 is 2.50 bits per heavy atom. The van der Waals surface area contributed by atoms with Crippen LogP contribution in [0.3, 0.4) is 0 Å². The van der Waals surface area contributed by atoms with Gasteiger partial charge in [0.15, 0.2) is 5.60 Å². The number of carbonyl (C=O) groups is 1. The van der Waals surface area contributed by atoms with Crippen molar-refractivity contribution in [1.82, 2.24) is 4.72 Å². The minimum atomic E-state index is -3.70. The highest BCUT2D eigenvalue weighted by molar-refractivity contribution is 7.89. The second-order valence-electron chi connectivity index (χ2n) is 4.78. The first-order valence-corrected chi connectivity index (χ1v) is 8.64. The molecule has 0 radical (unpaired) electrons. The Labute approximate surface area is 137 Å². The topological polar surface area (TPSA) is 92.7 Å². The van der Waals surface area contributed by atoms with Crippen molar-refractivity contribution in [1.29, 1.82) is 0 Å². The first-order valence-electron chi connectivity index (χ1n) is 6.24. The van der Waals surface area contributed by atoms with Crippen LogP contribution < -0.4 is 4.72 Å². The van der Waals surface area contributed by atoms with Gasteiger partial charge in [-0.05, 0) is 26.0 Å². The van der Waals surface area contributed by atoms with Crippen molar-refractivity contribution in [3.8, 4) is 0 Å². The molecular formula is C13H13Cl2NO5S. The molecule has 0 saturated carbocycles. The fourth-order valence-electron chi connectivity index (χ4n) is 1.89. The zero-order valence-electron chi connectivity index (χ0n) is 11.7. The molecule has 1 heterocycles. The van der Waals surface area contributed by atoms with Crippen LogP contribution in [-0.2, 0) is 25.2 Å². The highest BCUT2D eigenvalue weighted by Crippen LogP contribution is 2.39. The van der Waals surface area contributed by atoms with Crippen LogP contribution in [0.2, 0.25) is 10.0 Å². The summed E-state index contributed by atoms with van der Waals surface area (Å²) in [6, 6.07) is 4.41. The van der Waals surface area contributed by atoms with Gasteiger partial charge in [0.1, 0.15) is 0 Å². The maximum Gasteiger partial charge on any atom is 0.250 e. The molecule has 1 aromatic rings. The quantitative estimate of drug-likeness (QED) is 0.854. The number of nitrogens with one attached hydrogen (secondary N) is 1. The Morgan fingerprint density at radius 2 is 1.95 bits per heavy atom. The molecule has 0 amide bonds. The van der Waals surface area contributed by atoms with Crippen LogP contribution in [0.1, 0.15) is 19.4 Å². The van der Waals surface area contributed by atoms with E-state index < -0.39 is 33.0 Å². The Balaban J connectivity index is 2.40. The molecule has 2 rings (SSSR count). The number of carbonyl (C=O) groups excluding carboxylic acids is 1. The molecule has 1 aliphatic heterocycles. The third kappa shape index (κ3) is 2.88. The van der Waals surface area contributed by atoms with Crippen LogP contribution in [0, 0.1) is 0 Å². The third-order valence-electron chi connectivity index (χ3n) is 3.27. The Kier molecular flexibility index (Phi) is 4.34. The summed E-state index contributed by atoms with van der Waals surface area (Å²) in [6.45, 7) is 2.81. The second kappa shape index (κ2) is 5.64. The summed E-state index contributed by atoms with van der Waals surface area (Å²) < 4.78 is 30.6. The summed E-state index contributed by atoms with van der Waals surface area (Å²) in [7, 11) is -3.70. The number of rotatable bonds is 4. The predicted octanol–water partition coefficient (Wildman–Crippen LogP) is 2.47. The van der Waals surface area contributed by atoms with Crippen LogP contribution in [0.15, 0.2) is 29.8 Å². The lowest BCUT2D eigenvalue weighted by Gasteiger charge is -2.24. The molecule has 1 aromatic carbocycles. The number of hydrogen-bond acceptors (Lipinski definition) is 5. The highest BCUT2D eigenvalue weighted by Gasteiger charge is 2.48. The van der Waals surface area contributed by atoms with Gasteiger partial charge in [0, 0.05) is 5.56 Å². The zero-order valence-corrected chi connectivity index (χ0v) is 14.0. The summed E-state index contributed by atoms with van der Waals surface area (Å²) in [4.78, 5) is 12.3. The highest BCUT2D eigenvalue weighted by atomic mass is 35.5. The number of ketones is 1. The van der Waals surface area contributed by atoms with E-state index in [9.17, 15) is 18.3 Å². The molecule has 1 aliphatic rings. The van der Waals surface area contributed by atoms with E-state index in [0.717, 1.165) is 0 Å². The first kappa shape index (κ1) is 16.9. The van der Waals surface area contributed by atoms with Gasteiger partial charge in [-0.25, -0.2) is 8.42 Å². The number of aliphatic hydroxyl groups is 1. The van der Waals surface area contributed by atoms with Crippen LogP contribution in [-0.4, -0.2) is 25.1 Å². The van der Waals surface area contributed by atoms with E-state index in [1.165, 1.54) is 32.0 Å². The molecule has 6 nitrogen and oxygen atoms in total. The molecule has 22 heavy (non-hydrogen) atoms. The fourth-order valence-corrected chi connectivity index (χ4v) is 2.76. The van der Waals surface area contributed by atoms with E-state index in [2.05, 4.69) is 0 Å². The summed E-state index contributed by atoms with van der Waals surface area (Å²) in [5.41, 5.74) is -1.26. The molecular weight excluding hydrogens is 353 g/mol. The van der Waals surface area contributed by atoms with Gasteiger partial charge in [-0.1, -0.05) is 29.3 Å². The SMILES string of the molecule is CCS(=O)(=O)NC1=C(O)C(=O)C(C)(c2ccc(Cl)c(Cl)c2)O1. The lowest BCUT2D eigenvalue weighted by atomic mass is 9.92. The Morgan fingerprint density at radius 1 is 1.32 bits per heavy atom. The van der Waals surface area contributed by atoms with Crippen LogP contribution >= 0.6 is 23.2 Å². The van der Waals surface area contributed by atoms with E-state index in [1.807, 2.05) is 4.72 Å². The van der Waals surface area contributed by atoms with Gasteiger partial charge in [0.05, 0.1) is 15.8 Å². The number of hydrogen-bond donors (Lipinski definition) is 2. The van der Waals surface area contributed by atoms with E-state index in [-0.39, 0.29) is 10.8 Å². The largest absolute Gasteiger partial charge is 0.501 e. The number of sulfonamides is 1. The van der Waals surface area contributed by atoms with Gasteiger partial charge >= 0.3 is 0 Å². The molecule has 1 unspecified atom stereocenters. The molecule has 0 spiro atoms. The van der Waals surface area contributed by atoms with Crippen molar-refractivity contribution in [2.75, 3.05) is 5.75 Å². The van der Waals surface area contributed by atoms with Crippen molar-refractivity contribution in [2.24, 2.45) is 0 Å². The maximum atomic E-state index is 12.3. The minimum absolute atomic E-state index is 0.207. The van der Waals surface area contributed by atoms with Gasteiger partial charge in [0.25, 0.3) is 5.78 Å². The molecule has 0 fully saturated rings. The van der Waals surface area contributed by atoms with E-state index in [0.29, 0.717) is 10.6 Å². The van der Waals surface area contributed by atoms with Gasteiger partial charge in [-0.2, -0.15) is 0 Å². The van der Waals surface area contributed by atoms with Crippen LogP contribution in [0.4, 0.5) is 0 Å².